The van der Waals surface area contributed by atoms with Crippen LogP contribution in [-0.2, 0) is 4.79 Å². The molecule has 0 spiro atoms. The molecule has 174 valence electrons. The molecule has 0 saturated carbocycles. The predicted octanol–water partition coefficient (Wildman–Crippen LogP) is 2.47. The lowest BCUT2D eigenvalue weighted by atomic mass is 9.90. The maximum absolute atomic E-state index is 13.9. The Bertz CT molecular complexity index is 1190. The Kier molecular flexibility index (Phi) is 4.93. The van der Waals surface area contributed by atoms with Crippen LogP contribution < -0.4 is 4.90 Å². The van der Waals surface area contributed by atoms with Crippen LogP contribution in [0.15, 0.2) is 59.7 Å². The zero-order valence-electron chi connectivity index (χ0n) is 19.2. The van der Waals surface area contributed by atoms with Crippen molar-refractivity contribution in [1.29, 1.82) is 0 Å². The molecule has 6 rings (SSSR count). The van der Waals surface area contributed by atoms with E-state index in [1.165, 1.54) is 12.3 Å². The number of carbonyl (C=O) groups excluding carboxylic acids is 1. The van der Waals surface area contributed by atoms with Gasteiger partial charge in [-0.3, -0.25) is 14.8 Å². The summed E-state index contributed by atoms with van der Waals surface area (Å²) in [6.07, 6.45) is 6.18. The van der Waals surface area contributed by atoms with Gasteiger partial charge < -0.3 is 9.80 Å². The van der Waals surface area contributed by atoms with Gasteiger partial charge in [0.15, 0.2) is 0 Å². The summed E-state index contributed by atoms with van der Waals surface area (Å²) in [5, 5.41) is 6.15. The number of hydrogen-bond donors (Lipinski definition) is 0. The highest BCUT2D eigenvalue weighted by Crippen LogP contribution is 2.37. The molecule has 0 aromatic carbocycles. The van der Waals surface area contributed by atoms with E-state index < -0.39 is 5.92 Å². The number of halogens is 1. The number of aromatic nitrogens is 3. The van der Waals surface area contributed by atoms with Gasteiger partial charge in [0.25, 0.3) is 0 Å². The minimum Gasteiger partial charge on any atom is -0.341 e. The smallest absolute Gasteiger partial charge is 0.234 e. The van der Waals surface area contributed by atoms with E-state index in [0.29, 0.717) is 36.3 Å². The number of carbonyl (C=O) groups is 1. The minimum atomic E-state index is -0.520. The van der Waals surface area contributed by atoms with Gasteiger partial charge in [0, 0.05) is 55.6 Å². The Morgan fingerprint density at radius 3 is 2.47 bits per heavy atom. The molecule has 4 aliphatic rings. The Morgan fingerprint density at radius 1 is 1.06 bits per heavy atom. The molecular formula is C25H26FN7O. The van der Waals surface area contributed by atoms with Crippen LogP contribution in [0.25, 0.3) is 0 Å². The molecule has 0 bridgehead atoms. The second kappa shape index (κ2) is 8.00. The molecule has 0 radical (unpaired) electrons. The summed E-state index contributed by atoms with van der Waals surface area (Å²) in [6.45, 7) is 7.04. The lowest BCUT2D eigenvalue weighted by molar-refractivity contribution is -0.133. The first-order valence-electron chi connectivity index (χ1n) is 11.7. The van der Waals surface area contributed by atoms with Gasteiger partial charge >= 0.3 is 0 Å². The zero-order valence-corrected chi connectivity index (χ0v) is 19.2. The monoisotopic (exact) mass is 459 g/mol. The van der Waals surface area contributed by atoms with Crippen molar-refractivity contribution in [3.05, 3.63) is 71.7 Å². The first-order chi connectivity index (χ1) is 16.5. The lowest BCUT2D eigenvalue weighted by Gasteiger charge is -2.28. The molecule has 6 heterocycles. The van der Waals surface area contributed by atoms with Crippen LogP contribution in [0.4, 0.5) is 10.3 Å². The van der Waals surface area contributed by atoms with Crippen molar-refractivity contribution in [2.75, 3.05) is 31.1 Å². The van der Waals surface area contributed by atoms with E-state index in [2.05, 4.69) is 25.0 Å². The van der Waals surface area contributed by atoms with E-state index in [9.17, 15) is 9.18 Å². The summed E-state index contributed by atoms with van der Waals surface area (Å²) < 4.78 is 13.9. The highest BCUT2D eigenvalue weighted by Gasteiger charge is 2.48. The fraction of sp³-hybridized carbons (Fsp3) is 0.400. The fourth-order valence-electron chi connectivity index (χ4n) is 5.61. The zero-order chi connectivity index (χ0) is 23.4. The van der Waals surface area contributed by atoms with Crippen molar-refractivity contribution in [1.82, 2.24) is 24.9 Å². The van der Waals surface area contributed by atoms with Gasteiger partial charge in [0.2, 0.25) is 11.9 Å². The second-order valence-electron chi connectivity index (χ2n) is 9.54. The minimum absolute atomic E-state index is 0.0286. The van der Waals surface area contributed by atoms with Gasteiger partial charge in [-0.1, -0.05) is 12.1 Å². The number of amides is 1. The fourth-order valence-corrected chi connectivity index (χ4v) is 5.61. The first-order valence-corrected chi connectivity index (χ1v) is 11.7. The molecule has 1 amide bonds. The van der Waals surface area contributed by atoms with Crippen LogP contribution >= 0.6 is 0 Å². The summed E-state index contributed by atoms with van der Waals surface area (Å²) in [5.74, 6) is 0.662. The van der Waals surface area contributed by atoms with Gasteiger partial charge in [0.1, 0.15) is 17.5 Å². The largest absolute Gasteiger partial charge is 0.341 e. The molecule has 2 aromatic rings. The normalized spacial score (nSPS) is 27.6. The van der Waals surface area contributed by atoms with Crippen molar-refractivity contribution >= 4 is 17.6 Å². The van der Waals surface area contributed by atoms with Gasteiger partial charge in [-0.2, -0.15) is 5.10 Å². The van der Waals surface area contributed by atoms with E-state index in [1.54, 1.807) is 17.3 Å². The average Bonchev–Trinajstić information content (AvgIpc) is 3.49. The lowest BCUT2D eigenvalue weighted by Crippen LogP contribution is -2.45. The Hall–Kier alpha value is -3.62. The van der Waals surface area contributed by atoms with Crippen LogP contribution in [0.5, 0.6) is 0 Å². The average molecular weight is 460 g/mol. The van der Waals surface area contributed by atoms with E-state index in [1.807, 2.05) is 43.0 Å². The molecule has 34 heavy (non-hydrogen) atoms. The quantitative estimate of drug-likeness (QED) is 0.702. The maximum Gasteiger partial charge on any atom is 0.234 e. The Labute approximate surface area is 197 Å². The van der Waals surface area contributed by atoms with Crippen LogP contribution in [0.2, 0.25) is 0 Å². The van der Waals surface area contributed by atoms with Crippen molar-refractivity contribution in [2.24, 2.45) is 22.9 Å². The molecule has 0 aliphatic carbocycles. The van der Waals surface area contributed by atoms with E-state index in [-0.39, 0.29) is 17.8 Å². The molecule has 2 saturated heterocycles. The Balaban J connectivity index is 1.21. The number of allylic oxidation sites excluding steroid dienone is 2. The number of hydrogen-bond acceptors (Lipinski definition) is 7. The molecule has 4 aliphatic heterocycles. The summed E-state index contributed by atoms with van der Waals surface area (Å²) in [7, 11) is 0. The number of likely N-dealkylation sites (tertiary alicyclic amines) is 1. The van der Waals surface area contributed by atoms with Crippen LogP contribution in [0, 0.1) is 31.6 Å². The van der Waals surface area contributed by atoms with E-state index in [4.69, 9.17) is 0 Å². The van der Waals surface area contributed by atoms with Crippen LogP contribution in [-0.4, -0.2) is 68.7 Å². The van der Waals surface area contributed by atoms with Crippen molar-refractivity contribution in [3.63, 3.8) is 0 Å². The number of rotatable bonds is 3. The molecule has 2 unspecified atom stereocenters. The third-order valence-corrected chi connectivity index (χ3v) is 7.12. The molecule has 2 fully saturated rings. The highest BCUT2D eigenvalue weighted by molar-refractivity contribution is 6.14. The first kappa shape index (κ1) is 20.9. The summed E-state index contributed by atoms with van der Waals surface area (Å²) in [6, 6.07) is 7.19. The van der Waals surface area contributed by atoms with Crippen molar-refractivity contribution in [3.8, 4) is 0 Å². The number of fused-ring (bicyclic) bond motifs is 2. The number of anilines is 1. The predicted molar refractivity (Wildman–Crippen MR) is 126 cm³/mol. The van der Waals surface area contributed by atoms with Crippen molar-refractivity contribution < 1.29 is 9.18 Å². The highest BCUT2D eigenvalue weighted by atomic mass is 19.1. The van der Waals surface area contributed by atoms with Gasteiger partial charge in [-0.25, -0.2) is 14.4 Å². The van der Waals surface area contributed by atoms with Crippen molar-refractivity contribution in [2.45, 2.75) is 19.9 Å². The summed E-state index contributed by atoms with van der Waals surface area (Å²) >= 11 is 0. The number of nitrogens with zero attached hydrogens (tertiary/aromatic N) is 7. The third kappa shape index (κ3) is 3.55. The van der Waals surface area contributed by atoms with Crippen LogP contribution in [0.1, 0.15) is 17.1 Å². The van der Waals surface area contributed by atoms with Crippen LogP contribution in [0.3, 0.4) is 0 Å². The molecule has 0 N–H and O–H groups in total. The third-order valence-electron chi connectivity index (χ3n) is 7.12. The molecule has 4 atom stereocenters. The summed E-state index contributed by atoms with van der Waals surface area (Å²) in [5.41, 5.74) is 3.17. The molecule has 8 nitrogen and oxygen atoms in total. The maximum atomic E-state index is 13.9. The molecule has 2 aromatic heterocycles. The molecule has 9 heteroatoms. The van der Waals surface area contributed by atoms with E-state index in [0.717, 1.165) is 30.4 Å². The standard InChI is InChI=1S/C25H26FN7O/c1-15-9-16(2)29-25(28-15)32-12-17-10-31(11-18(17)13-32)24(34)22-21-7-6-19(26)14-33(21)30-23(22)20-5-3-4-8-27-20/h3-9,14,17-18,21-22H,10-13H2,1-2H3/t17-,18+,21?,22?. The number of hydrazone groups is 1. The molecular weight excluding hydrogens is 433 g/mol. The van der Waals surface area contributed by atoms with Gasteiger partial charge in [-0.05, 0) is 38.1 Å². The SMILES string of the molecule is Cc1cc(C)nc(N2C[C@H]3CN(C(=O)C4C(c5ccccn5)=NN5C=C(F)C=CC45)C[C@H]3C2)n1. The van der Waals surface area contributed by atoms with Gasteiger partial charge in [-0.15, -0.1) is 0 Å². The van der Waals surface area contributed by atoms with Gasteiger partial charge in [0.05, 0.1) is 17.9 Å². The van der Waals surface area contributed by atoms with E-state index >= 15 is 0 Å². The number of pyridine rings is 1. The Morgan fingerprint density at radius 2 is 1.79 bits per heavy atom. The second-order valence-corrected chi connectivity index (χ2v) is 9.54. The number of aryl methyl sites for hydroxylation is 2. The summed E-state index contributed by atoms with van der Waals surface area (Å²) in [4.78, 5) is 31.7. The topological polar surface area (TPSA) is 77.8 Å².